The second-order valence-electron chi connectivity index (χ2n) is 4.79. The molecule has 0 radical (unpaired) electrons. The van der Waals surface area contributed by atoms with Crippen molar-refractivity contribution in [1.82, 2.24) is 5.32 Å². The molecular formula is C17H17NO3. The van der Waals surface area contributed by atoms with E-state index in [0.717, 1.165) is 16.3 Å². The molecule has 0 aliphatic rings. The van der Waals surface area contributed by atoms with Crippen LogP contribution in [0.4, 0.5) is 0 Å². The molecule has 108 valence electrons. The SMILES string of the molecule is C=CCC(=O)NC(Cc1cccc2ccccc12)C(=O)O. The topological polar surface area (TPSA) is 66.4 Å². The molecule has 0 saturated carbocycles. The van der Waals surface area contributed by atoms with E-state index in [1.54, 1.807) is 0 Å². The second-order valence-corrected chi connectivity index (χ2v) is 4.79. The van der Waals surface area contributed by atoms with Crippen LogP contribution in [0.5, 0.6) is 0 Å². The summed E-state index contributed by atoms with van der Waals surface area (Å²) in [4.78, 5) is 22.9. The Bertz CT molecular complexity index is 673. The molecule has 2 aromatic carbocycles. The molecule has 4 nitrogen and oxygen atoms in total. The molecular weight excluding hydrogens is 266 g/mol. The molecule has 0 fully saturated rings. The van der Waals surface area contributed by atoms with Gasteiger partial charge >= 0.3 is 5.97 Å². The summed E-state index contributed by atoms with van der Waals surface area (Å²) >= 11 is 0. The van der Waals surface area contributed by atoms with E-state index in [1.807, 2.05) is 42.5 Å². The highest BCUT2D eigenvalue weighted by atomic mass is 16.4. The minimum absolute atomic E-state index is 0.110. The van der Waals surface area contributed by atoms with Crippen LogP contribution in [0, 0.1) is 0 Å². The summed E-state index contributed by atoms with van der Waals surface area (Å²) in [5.74, 6) is -1.38. The Labute approximate surface area is 123 Å². The summed E-state index contributed by atoms with van der Waals surface area (Å²) in [7, 11) is 0. The van der Waals surface area contributed by atoms with Gasteiger partial charge in [0, 0.05) is 12.8 Å². The van der Waals surface area contributed by atoms with Gasteiger partial charge in [-0.25, -0.2) is 4.79 Å². The molecule has 1 unspecified atom stereocenters. The van der Waals surface area contributed by atoms with Gasteiger partial charge in [0.15, 0.2) is 0 Å². The fourth-order valence-electron chi connectivity index (χ4n) is 2.27. The van der Waals surface area contributed by atoms with Crippen molar-refractivity contribution >= 4 is 22.6 Å². The Kier molecular flexibility index (Phi) is 4.72. The van der Waals surface area contributed by atoms with Crippen LogP contribution >= 0.6 is 0 Å². The molecule has 1 amide bonds. The summed E-state index contributed by atoms with van der Waals surface area (Å²) in [6.07, 6.45) is 1.81. The molecule has 0 aliphatic carbocycles. The monoisotopic (exact) mass is 283 g/mol. The summed E-state index contributed by atoms with van der Waals surface area (Å²) in [5.41, 5.74) is 0.902. The minimum Gasteiger partial charge on any atom is -0.480 e. The van der Waals surface area contributed by atoms with E-state index in [1.165, 1.54) is 6.08 Å². The van der Waals surface area contributed by atoms with Crippen molar-refractivity contribution in [3.05, 3.63) is 60.7 Å². The lowest BCUT2D eigenvalue weighted by Gasteiger charge is -2.15. The molecule has 0 heterocycles. The molecule has 1 atom stereocenters. The summed E-state index contributed by atoms with van der Waals surface area (Å²) in [6.45, 7) is 3.47. The molecule has 2 rings (SSSR count). The van der Waals surface area contributed by atoms with Gasteiger partial charge in [-0.05, 0) is 16.3 Å². The third-order valence-electron chi connectivity index (χ3n) is 3.27. The van der Waals surface area contributed by atoms with Crippen molar-refractivity contribution in [2.75, 3.05) is 0 Å². The van der Waals surface area contributed by atoms with Gasteiger partial charge in [-0.1, -0.05) is 48.5 Å². The lowest BCUT2D eigenvalue weighted by atomic mass is 9.98. The maximum absolute atomic E-state index is 11.6. The van der Waals surface area contributed by atoms with E-state index in [9.17, 15) is 14.7 Å². The molecule has 0 aliphatic heterocycles. The Morgan fingerprint density at radius 2 is 1.90 bits per heavy atom. The van der Waals surface area contributed by atoms with Crippen LogP contribution in [-0.4, -0.2) is 23.0 Å². The van der Waals surface area contributed by atoms with Gasteiger partial charge < -0.3 is 10.4 Å². The lowest BCUT2D eigenvalue weighted by molar-refractivity contribution is -0.141. The van der Waals surface area contributed by atoms with Crippen molar-refractivity contribution in [3.8, 4) is 0 Å². The summed E-state index contributed by atoms with van der Waals surface area (Å²) in [6, 6.07) is 12.6. The molecule has 2 N–H and O–H groups in total. The molecule has 4 heteroatoms. The van der Waals surface area contributed by atoms with E-state index in [4.69, 9.17) is 0 Å². The molecule has 21 heavy (non-hydrogen) atoms. The number of nitrogens with one attached hydrogen (secondary N) is 1. The van der Waals surface area contributed by atoms with E-state index < -0.39 is 12.0 Å². The van der Waals surface area contributed by atoms with Crippen LogP contribution < -0.4 is 5.32 Å². The number of rotatable bonds is 6. The highest BCUT2D eigenvalue weighted by Gasteiger charge is 2.20. The number of aliphatic carboxylic acids is 1. The first-order chi connectivity index (χ1) is 10.1. The lowest BCUT2D eigenvalue weighted by Crippen LogP contribution is -2.42. The number of carboxylic acids is 1. The van der Waals surface area contributed by atoms with Gasteiger partial charge in [0.2, 0.25) is 5.91 Å². The molecule has 0 spiro atoms. The molecule has 0 aromatic heterocycles. The number of carbonyl (C=O) groups is 2. The Balaban J connectivity index is 2.25. The van der Waals surface area contributed by atoms with E-state index in [-0.39, 0.29) is 18.7 Å². The number of hydrogen-bond acceptors (Lipinski definition) is 2. The number of amides is 1. The van der Waals surface area contributed by atoms with Crippen LogP contribution in [0.15, 0.2) is 55.1 Å². The van der Waals surface area contributed by atoms with Gasteiger partial charge in [-0.3, -0.25) is 4.79 Å². The van der Waals surface area contributed by atoms with Crippen molar-refractivity contribution < 1.29 is 14.7 Å². The van der Waals surface area contributed by atoms with Crippen molar-refractivity contribution in [3.63, 3.8) is 0 Å². The number of benzene rings is 2. The van der Waals surface area contributed by atoms with Crippen LogP contribution in [0.2, 0.25) is 0 Å². The van der Waals surface area contributed by atoms with E-state index in [2.05, 4.69) is 11.9 Å². The highest BCUT2D eigenvalue weighted by molar-refractivity contribution is 5.88. The summed E-state index contributed by atoms with van der Waals surface area (Å²) in [5, 5.41) is 13.9. The molecule has 0 bridgehead atoms. The third kappa shape index (κ3) is 3.69. The normalized spacial score (nSPS) is 11.8. The van der Waals surface area contributed by atoms with Crippen LogP contribution in [0.3, 0.4) is 0 Å². The van der Waals surface area contributed by atoms with E-state index in [0.29, 0.717) is 0 Å². The fraction of sp³-hybridized carbons (Fsp3) is 0.176. The molecule has 2 aromatic rings. The van der Waals surface area contributed by atoms with Gasteiger partial charge in [0.05, 0.1) is 0 Å². The zero-order valence-electron chi connectivity index (χ0n) is 11.6. The smallest absolute Gasteiger partial charge is 0.326 e. The predicted molar refractivity (Wildman–Crippen MR) is 82.0 cm³/mol. The quantitative estimate of drug-likeness (QED) is 0.801. The fourth-order valence-corrected chi connectivity index (χ4v) is 2.27. The van der Waals surface area contributed by atoms with Gasteiger partial charge in [-0.15, -0.1) is 6.58 Å². The average molecular weight is 283 g/mol. The van der Waals surface area contributed by atoms with Crippen molar-refractivity contribution in [2.45, 2.75) is 18.9 Å². The zero-order valence-corrected chi connectivity index (χ0v) is 11.6. The van der Waals surface area contributed by atoms with Crippen LogP contribution in [0.1, 0.15) is 12.0 Å². The number of carbonyl (C=O) groups excluding carboxylic acids is 1. The Morgan fingerprint density at radius 1 is 1.19 bits per heavy atom. The number of carboxylic acid groups (broad SMARTS) is 1. The first-order valence-electron chi connectivity index (χ1n) is 6.71. The van der Waals surface area contributed by atoms with Crippen LogP contribution in [0.25, 0.3) is 10.8 Å². The van der Waals surface area contributed by atoms with Gasteiger partial charge in [-0.2, -0.15) is 0 Å². The Morgan fingerprint density at radius 3 is 2.62 bits per heavy atom. The number of fused-ring (bicyclic) bond motifs is 1. The largest absolute Gasteiger partial charge is 0.480 e. The van der Waals surface area contributed by atoms with Gasteiger partial charge in [0.1, 0.15) is 6.04 Å². The predicted octanol–water partition coefficient (Wildman–Crippen LogP) is 2.53. The standard InChI is InChI=1S/C17H17NO3/c1-2-6-16(19)18-15(17(20)21)11-13-9-5-8-12-7-3-4-10-14(12)13/h2-5,7-10,15H,1,6,11H2,(H,18,19)(H,20,21). The highest BCUT2D eigenvalue weighted by Crippen LogP contribution is 2.19. The average Bonchev–Trinajstić information content (AvgIpc) is 2.47. The third-order valence-corrected chi connectivity index (χ3v) is 3.27. The maximum atomic E-state index is 11.6. The molecule has 0 saturated heterocycles. The Hall–Kier alpha value is -2.62. The van der Waals surface area contributed by atoms with E-state index >= 15 is 0 Å². The van der Waals surface area contributed by atoms with Gasteiger partial charge in [0.25, 0.3) is 0 Å². The zero-order chi connectivity index (χ0) is 15.2. The maximum Gasteiger partial charge on any atom is 0.326 e. The van der Waals surface area contributed by atoms with Crippen molar-refractivity contribution in [1.29, 1.82) is 0 Å². The first kappa shape index (κ1) is 14.8. The summed E-state index contributed by atoms with van der Waals surface area (Å²) < 4.78 is 0. The van der Waals surface area contributed by atoms with Crippen LogP contribution in [-0.2, 0) is 16.0 Å². The second kappa shape index (κ2) is 6.70. The number of hydrogen-bond donors (Lipinski definition) is 2. The first-order valence-corrected chi connectivity index (χ1v) is 6.71. The minimum atomic E-state index is -1.04. The van der Waals surface area contributed by atoms with Crippen molar-refractivity contribution in [2.24, 2.45) is 0 Å².